The summed E-state index contributed by atoms with van der Waals surface area (Å²) in [6.45, 7) is 5.34. The van der Waals surface area contributed by atoms with Crippen LogP contribution >= 0.6 is 0 Å². The number of aromatic nitrogens is 2. The van der Waals surface area contributed by atoms with Crippen LogP contribution in [0.15, 0.2) is 12.4 Å². The summed E-state index contributed by atoms with van der Waals surface area (Å²) >= 11 is 0. The van der Waals surface area contributed by atoms with Crippen LogP contribution < -0.4 is 5.73 Å². The van der Waals surface area contributed by atoms with E-state index in [1.165, 1.54) is 6.20 Å². The summed E-state index contributed by atoms with van der Waals surface area (Å²) < 4.78 is 0. The molecule has 5 heteroatoms. The van der Waals surface area contributed by atoms with Gasteiger partial charge in [-0.1, -0.05) is 6.92 Å². The third-order valence-electron chi connectivity index (χ3n) is 3.26. The van der Waals surface area contributed by atoms with Gasteiger partial charge in [-0.25, -0.2) is 4.98 Å². The Morgan fingerprint density at radius 1 is 1.47 bits per heavy atom. The monoisotopic (exact) mass is 234 g/mol. The molecule has 0 radical (unpaired) electrons. The van der Waals surface area contributed by atoms with E-state index in [9.17, 15) is 4.79 Å². The highest BCUT2D eigenvalue weighted by molar-refractivity contribution is 5.92. The molecule has 2 rings (SSSR count). The Hall–Kier alpha value is -1.49. The molecule has 2 heterocycles. The first kappa shape index (κ1) is 12.0. The highest BCUT2D eigenvalue weighted by Crippen LogP contribution is 2.16. The van der Waals surface area contributed by atoms with E-state index >= 15 is 0 Å². The second-order valence-electron chi connectivity index (χ2n) is 4.72. The lowest BCUT2D eigenvalue weighted by molar-refractivity contribution is 0.0657. The Bertz CT molecular complexity index is 403. The molecule has 2 atom stereocenters. The smallest absolute Gasteiger partial charge is 0.274 e. The first-order chi connectivity index (χ1) is 8.08. The molecule has 1 aliphatic rings. The van der Waals surface area contributed by atoms with E-state index in [1.807, 2.05) is 11.8 Å². The minimum Gasteiger partial charge on any atom is -0.337 e. The number of likely N-dealkylation sites (tertiary alicyclic amines) is 1. The largest absolute Gasteiger partial charge is 0.337 e. The number of amides is 1. The molecule has 0 bridgehead atoms. The Morgan fingerprint density at radius 2 is 2.24 bits per heavy atom. The maximum atomic E-state index is 12.1. The summed E-state index contributed by atoms with van der Waals surface area (Å²) in [5.74, 6) is 0.294. The molecular weight excluding hydrogens is 216 g/mol. The maximum Gasteiger partial charge on any atom is 0.274 e. The van der Waals surface area contributed by atoms with Crippen LogP contribution in [0.4, 0.5) is 0 Å². The van der Waals surface area contributed by atoms with Gasteiger partial charge >= 0.3 is 0 Å². The number of rotatable bonds is 1. The van der Waals surface area contributed by atoms with Gasteiger partial charge < -0.3 is 10.6 Å². The number of piperidine rings is 1. The lowest BCUT2D eigenvalue weighted by Gasteiger charge is -2.34. The van der Waals surface area contributed by atoms with Crippen LogP contribution in [0.25, 0.3) is 0 Å². The first-order valence-electron chi connectivity index (χ1n) is 5.91. The quantitative estimate of drug-likeness (QED) is 0.772. The van der Waals surface area contributed by atoms with Crippen molar-refractivity contribution in [1.29, 1.82) is 0 Å². The number of nitrogens with two attached hydrogens (primary N) is 1. The van der Waals surface area contributed by atoms with Crippen molar-refractivity contribution in [2.24, 2.45) is 11.7 Å². The zero-order chi connectivity index (χ0) is 12.4. The number of aryl methyl sites for hydroxylation is 1. The molecular formula is C12H18N4O. The van der Waals surface area contributed by atoms with Crippen molar-refractivity contribution in [2.75, 3.05) is 13.1 Å². The van der Waals surface area contributed by atoms with Gasteiger partial charge in [-0.05, 0) is 19.3 Å². The van der Waals surface area contributed by atoms with E-state index < -0.39 is 0 Å². The van der Waals surface area contributed by atoms with E-state index in [4.69, 9.17) is 5.73 Å². The van der Waals surface area contributed by atoms with Crippen molar-refractivity contribution in [3.63, 3.8) is 0 Å². The van der Waals surface area contributed by atoms with Crippen molar-refractivity contribution >= 4 is 5.91 Å². The van der Waals surface area contributed by atoms with Crippen molar-refractivity contribution in [3.8, 4) is 0 Å². The minimum atomic E-state index is -0.0451. The zero-order valence-electron chi connectivity index (χ0n) is 10.3. The van der Waals surface area contributed by atoms with Crippen LogP contribution in [0.1, 0.15) is 29.5 Å². The summed E-state index contributed by atoms with van der Waals surface area (Å²) in [7, 11) is 0. The normalized spacial score (nSPS) is 24.8. The molecule has 1 amide bonds. The number of hydrogen-bond donors (Lipinski definition) is 1. The van der Waals surface area contributed by atoms with Crippen LogP contribution in [0.5, 0.6) is 0 Å². The number of hydrogen-bond acceptors (Lipinski definition) is 4. The Labute approximate surface area is 101 Å². The van der Waals surface area contributed by atoms with Gasteiger partial charge in [0.25, 0.3) is 5.91 Å². The third-order valence-corrected chi connectivity index (χ3v) is 3.26. The summed E-state index contributed by atoms with van der Waals surface area (Å²) in [5, 5.41) is 0. The molecule has 1 aromatic heterocycles. The van der Waals surface area contributed by atoms with Gasteiger partial charge in [-0.3, -0.25) is 9.78 Å². The van der Waals surface area contributed by atoms with Gasteiger partial charge in [0, 0.05) is 25.3 Å². The second kappa shape index (κ2) is 4.79. The van der Waals surface area contributed by atoms with Crippen LogP contribution in [0.2, 0.25) is 0 Å². The predicted octanol–water partition coefficient (Wildman–Crippen LogP) is 0.594. The summed E-state index contributed by atoms with van der Waals surface area (Å²) in [6.07, 6.45) is 4.01. The lowest BCUT2D eigenvalue weighted by Crippen LogP contribution is -2.48. The van der Waals surface area contributed by atoms with Crippen LogP contribution in [0.3, 0.4) is 0 Å². The Kier molecular flexibility index (Phi) is 3.38. The van der Waals surface area contributed by atoms with E-state index in [0.29, 0.717) is 24.7 Å². The fourth-order valence-electron chi connectivity index (χ4n) is 2.01. The number of nitrogens with zero attached hydrogens (tertiary/aromatic N) is 3. The number of carbonyl (C=O) groups excluding carboxylic acids is 1. The van der Waals surface area contributed by atoms with Crippen LogP contribution in [0, 0.1) is 12.8 Å². The van der Waals surface area contributed by atoms with Crippen molar-refractivity contribution < 1.29 is 4.79 Å². The third kappa shape index (κ3) is 2.61. The molecule has 17 heavy (non-hydrogen) atoms. The standard InChI is InChI=1S/C12H18N4O/c1-8-7-16(4-3-10(8)13)12(17)11-6-14-9(2)5-15-11/h5-6,8,10H,3-4,7,13H2,1-2H3. The molecule has 92 valence electrons. The summed E-state index contributed by atoms with van der Waals surface area (Å²) in [4.78, 5) is 22.2. The zero-order valence-corrected chi connectivity index (χ0v) is 10.3. The maximum absolute atomic E-state index is 12.1. The second-order valence-corrected chi connectivity index (χ2v) is 4.72. The topological polar surface area (TPSA) is 72.1 Å². The van der Waals surface area contributed by atoms with Crippen LogP contribution in [-0.2, 0) is 0 Å². The van der Waals surface area contributed by atoms with Gasteiger partial charge in [0.15, 0.2) is 0 Å². The van der Waals surface area contributed by atoms with E-state index in [2.05, 4.69) is 16.9 Å². The van der Waals surface area contributed by atoms with E-state index in [-0.39, 0.29) is 11.9 Å². The highest BCUT2D eigenvalue weighted by atomic mass is 16.2. The minimum absolute atomic E-state index is 0.0451. The van der Waals surface area contributed by atoms with Gasteiger partial charge in [0.1, 0.15) is 5.69 Å². The molecule has 0 aliphatic carbocycles. The Balaban J connectivity index is 2.08. The fraction of sp³-hybridized carbons (Fsp3) is 0.583. The van der Waals surface area contributed by atoms with Gasteiger partial charge in [-0.15, -0.1) is 0 Å². The first-order valence-corrected chi connectivity index (χ1v) is 5.91. The predicted molar refractivity (Wildman–Crippen MR) is 64.4 cm³/mol. The molecule has 1 aliphatic heterocycles. The lowest BCUT2D eigenvalue weighted by atomic mass is 9.94. The fourth-order valence-corrected chi connectivity index (χ4v) is 2.01. The Morgan fingerprint density at radius 3 is 2.82 bits per heavy atom. The van der Waals surface area contributed by atoms with E-state index in [0.717, 1.165) is 12.1 Å². The average molecular weight is 234 g/mol. The number of carbonyl (C=O) groups is 1. The van der Waals surface area contributed by atoms with Crippen molar-refractivity contribution in [3.05, 3.63) is 23.8 Å². The highest BCUT2D eigenvalue weighted by Gasteiger charge is 2.27. The molecule has 1 saturated heterocycles. The summed E-state index contributed by atoms with van der Waals surface area (Å²) in [6, 6.07) is 0.197. The van der Waals surface area contributed by atoms with Gasteiger partial charge in [-0.2, -0.15) is 0 Å². The molecule has 1 fully saturated rings. The molecule has 2 unspecified atom stereocenters. The van der Waals surface area contributed by atoms with Crippen LogP contribution in [-0.4, -0.2) is 39.9 Å². The molecule has 0 aromatic carbocycles. The van der Waals surface area contributed by atoms with Crippen molar-refractivity contribution in [1.82, 2.24) is 14.9 Å². The molecule has 0 saturated carbocycles. The average Bonchev–Trinajstić information content (AvgIpc) is 2.33. The molecule has 5 nitrogen and oxygen atoms in total. The molecule has 0 spiro atoms. The van der Waals surface area contributed by atoms with E-state index in [1.54, 1.807) is 6.20 Å². The van der Waals surface area contributed by atoms with Gasteiger partial charge in [0.2, 0.25) is 0 Å². The molecule has 2 N–H and O–H groups in total. The van der Waals surface area contributed by atoms with Gasteiger partial charge in [0.05, 0.1) is 11.9 Å². The summed E-state index contributed by atoms with van der Waals surface area (Å²) in [5.41, 5.74) is 7.16. The van der Waals surface area contributed by atoms with Crippen molar-refractivity contribution in [2.45, 2.75) is 26.3 Å². The SMILES string of the molecule is Cc1cnc(C(=O)N2CCC(N)C(C)C2)cn1. The molecule has 1 aromatic rings.